The molecule has 0 aliphatic carbocycles. The van der Waals surface area contributed by atoms with Gasteiger partial charge in [-0.05, 0) is 12.1 Å². The number of carbonyl (C=O) groups is 4. The predicted octanol–water partition coefficient (Wildman–Crippen LogP) is 2.77. The highest BCUT2D eigenvalue weighted by molar-refractivity contribution is 6.43. The van der Waals surface area contributed by atoms with Crippen molar-refractivity contribution in [2.45, 2.75) is 0 Å². The summed E-state index contributed by atoms with van der Waals surface area (Å²) in [6, 6.07) is 2.40. The summed E-state index contributed by atoms with van der Waals surface area (Å²) in [5.74, 6) is -3.75. The first-order valence-electron chi connectivity index (χ1n) is 5.92. The minimum absolute atomic E-state index is 0.0150. The summed E-state index contributed by atoms with van der Waals surface area (Å²) in [6.45, 7) is 0. The molecule has 2 heterocycles. The zero-order valence-electron chi connectivity index (χ0n) is 10.4. The van der Waals surface area contributed by atoms with Gasteiger partial charge in [-0.15, -0.1) is 0 Å². The second-order valence-corrected chi connectivity index (χ2v) is 5.48. The van der Waals surface area contributed by atoms with E-state index >= 15 is 0 Å². The monoisotopic (exact) mass is 336 g/mol. The first-order chi connectivity index (χ1) is 10.4. The van der Waals surface area contributed by atoms with E-state index in [9.17, 15) is 19.2 Å². The summed E-state index contributed by atoms with van der Waals surface area (Å²) in [4.78, 5) is 47.6. The first kappa shape index (κ1) is 13.2. The van der Waals surface area contributed by atoms with Crippen LogP contribution >= 0.6 is 23.2 Å². The van der Waals surface area contributed by atoms with Crippen LogP contribution in [-0.4, -0.2) is 23.9 Å². The third-order valence-corrected chi connectivity index (χ3v) is 4.12. The van der Waals surface area contributed by atoms with Crippen molar-refractivity contribution < 1.29 is 28.7 Å². The third kappa shape index (κ3) is 1.45. The molecule has 0 radical (unpaired) electrons. The molecule has 0 saturated carbocycles. The second kappa shape index (κ2) is 4.06. The van der Waals surface area contributed by atoms with E-state index in [0.29, 0.717) is 0 Å². The molecular weight excluding hydrogens is 335 g/mol. The van der Waals surface area contributed by atoms with Gasteiger partial charge in [-0.3, -0.25) is 0 Å². The van der Waals surface area contributed by atoms with Gasteiger partial charge in [-0.1, -0.05) is 23.2 Å². The number of carbonyl (C=O) groups excluding carboxylic acids is 4. The number of halogens is 2. The molecule has 0 saturated heterocycles. The zero-order valence-corrected chi connectivity index (χ0v) is 11.9. The van der Waals surface area contributed by atoms with Crippen LogP contribution in [0, 0.1) is 0 Å². The number of esters is 4. The van der Waals surface area contributed by atoms with E-state index < -0.39 is 23.9 Å². The lowest BCUT2D eigenvalue weighted by atomic mass is 9.89. The molecule has 2 aliphatic heterocycles. The van der Waals surface area contributed by atoms with Gasteiger partial charge in [0.1, 0.15) is 0 Å². The van der Waals surface area contributed by atoms with E-state index in [2.05, 4.69) is 9.47 Å². The Morgan fingerprint density at radius 2 is 1.05 bits per heavy atom. The fraction of sp³-hybridized carbons (Fsp3) is 0. The van der Waals surface area contributed by atoms with E-state index in [-0.39, 0.29) is 43.1 Å². The normalized spacial score (nSPS) is 15.9. The average molecular weight is 337 g/mol. The number of cyclic esters (lactones) is 4. The summed E-state index contributed by atoms with van der Waals surface area (Å²) in [7, 11) is 0. The summed E-state index contributed by atoms with van der Waals surface area (Å²) in [5, 5.41) is -0.0390. The number of hydrogen-bond acceptors (Lipinski definition) is 6. The number of rotatable bonds is 0. The Labute approximate surface area is 131 Å². The quantitative estimate of drug-likeness (QED) is 0.543. The average Bonchev–Trinajstić information content (AvgIpc) is 2.42. The van der Waals surface area contributed by atoms with Crippen molar-refractivity contribution >= 4 is 57.9 Å². The second-order valence-electron chi connectivity index (χ2n) is 4.67. The standard InChI is InChI=1S/C14H2Cl2O6/c15-5-1-3-7-4(12(18)21-11(3)17)2-6(16)9-10(7)8(5)13(19)22-14(9)20/h1-2H. The molecule has 0 fully saturated rings. The summed E-state index contributed by atoms with van der Waals surface area (Å²) >= 11 is 12.0. The first-order valence-corrected chi connectivity index (χ1v) is 6.67. The fourth-order valence-corrected chi connectivity index (χ4v) is 3.23. The van der Waals surface area contributed by atoms with Gasteiger partial charge in [0, 0.05) is 10.8 Å². The van der Waals surface area contributed by atoms with Crippen LogP contribution < -0.4 is 0 Å². The van der Waals surface area contributed by atoms with Gasteiger partial charge >= 0.3 is 23.9 Å². The van der Waals surface area contributed by atoms with Crippen LogP contribution in [-0.2, 0) is 9.47 Å². The van der Waals surface area contributed by atoms with E-state index in [1.54, 1.807) is 0 Å². The minimum Gasteiger partial charge on any atom is -0.386 e. The molecule has 108 valence electrons. The highest BCUT2D eigenvalue weighted by Gasteiger charge is 2.38. The van der Waals surface area contributed by atoms with Crippen molar-refractivity contribution in [2.75, 3.05) is 0 Å². The maximum absolute atomic E-state index is 11.9. The Kier molecular flexibility index (Phi) is 2.44. The molecule has 0 spiro atoms. The van der Waals surface area contributed by atoms with Crippen molar-refractivity contribution in [3.63, 3.8) is 0 Å². The maximum atomic E-state index is 11.9. The molecule has 0 N–H and O–H groups in total. The molecule has 2 aromatic rings. The van der Waals surface area contributed by atoms with Gasteiger partial charge in [-0.25, -0.2) is 19.2 Å². The number of ether oxygens (including phenoxy) is 2. The highest BCUT2D eigenvalue weighted by Crippen LogP contribution is 2.42. The molecule has 8 heteroatoms. The van der Waals surface area contributed by atoms with E-state index in [4.69, 9.17) is 23.2 Å². The molecule has 4 rings (SSSR count). The smallest absolute Gasteiger partial charge is 0.348 e. The Morgan fingerprint density at radius 3 is 1.50 bits per heavy atom. The fourth-order valence-electron chi connectivity index (χ4n) is 2.67. The lowest BCUT2D eigenvalue weighted by Gasteiger charge is -2.23. The Hall–Kier alpha value is -2.44. The van der Waals surface area contributed by atoms with Crippen LogP contribution in [0.2, 0.25) is 10.0 Å². The number of benzene rings is 2. The summed E-state index contributed by atoms with van der Waals surface area (Å²) in [6.07, 6.45) is 0. The Bertz CT molecular complexity index is 903. The molecule has 22 heavy (non-hydrogen) atoms. The van der Waals surface area contributed by atoms with Gasteiger partial charge in [0.2, 0.25) is 0 Å². The molecule has 2 aliphatic rings. The predicted molar refractivity (Wildman–Crippen MR) is 73.5 cm³/mol. The van der Waals surface area contributed by atoms with E-state index in [1.807, 2.05) is 0 Å². The van der Waals surface area contributed by atoms with Crippen molar-refractivity contribution in [1.82, 2.24) is 0 Å². The Balaban J connectivity index is 2.36. The highest BCUT2D eigenvalue weighted by atomic mass is 35.5. The molecule has 6 nitrogen and oxygen atoms in total. The lowest BCUT2D eigenvalue weighted by molar-refractivity contribution is 0.0366. The molecular formula is C14H2Cl2O6. The molecule has 2 aromatic carbocycles. The maximum Gasteiger partial charge on any atom is 0.348 e. The van der Waals surface area contributed by atoms with Gasteiger partial charge in [-0.2, -0.15) is 0 Å². The minimum atomic E-state index is -0.964. The zero-order chi connectivity index (χ0) is 15.8. The Morgan fingerprint density at radius 1 is 0.636 bits per heavy atom. The van der Waals surface area contributed by atoms with Crippen molar-refractivity contribution in [3.8, 4) is 0 Å². The molecule has 0 aromatic heterocycles. The van der Waals surface area contributed by atoms with Crippen molar-refractivity contribution in [2.24, 2.45) is 0 Å². The molecule has 0 unspecified atom stereocenters. The SMILES string of the molecule is O=C1OC(=O)c2cc(Cl)c3c4c(c(Cl)cc1c24)C(=O)OC3=O. The number of hydrogen-bond donors (Lipinski definition) is 0. The van der Waals surface area contributed by atoms with Crippen LogP contribution in [0.25, 0.3) is 10.8 Å². The van der Waals surface area contributed by atoms with Crippen LogP contribution in [0.5, 0.6) is 0 Å². The van der Waals surface area contributed by atoms with Crippen LogP contribution in [0.4, 0.5) is 0 Å². The molecule has 0 amide bonds. The van der Waals surface area contributed by atoms with Crippen LogP contribution in [0.15, 0.2) is 12.1 Å². The van der Waals surface area contributed by atoms with Gasteiger partial charge in [0.15, 0.2) is 0 Å². The van der Waals surface area contributed by atoms with Crippen molar-refractivity contribution in [1.29, 1.82) is 0 Å². The lowest BCUT2D eigenvalue weighted by Crippen LogP contribution is -2.26. The van der Waals surface area contributed by atoms with E-state index in [0.717, 1.165) is 0 Å². The van der Waals surface area contributed by atoms with E-state index in [1.165, 1.54) is 12.1 Å². The topological polar surface area (TPSA) is 86.7 Å². The molecule has 0 atom stereocenters. The van der Waals surface area contributed by atoms with Gasteiger partial charge in [0.25, 0.3) is 0 Å². The van der Waals surface area contributed by atoms with Crippen molar-refractivity contribution in [3.05, 3.63) is 44.4 Å². The van der Waals surface area contributed by atoms with Gasteiger partial charge < -0.3 is 9.47 Å². The largest absolute Gasteiger partial charge is 0.386 e. The van der Waals surface area contributed by atoms with Crippen LogP contribution in [0.3, 0.4) is 0 Å². The summed E-state index contributed by atoms with van der Waals surface area (Å²) in [5.41, 5.74) is -0.250. The molecule has 0 bridgehead atoms. The summed E-state index contributed by atoms with van der Waals surface area (Å²) < 4.78 is 9.20. The third-order valence-electron chi connectivity index (χ3n) is 3.53. The van der Waals surface area contributed by atoms with Gasteiger partial charge in [0.05, 0.1) is 32.3 Å². The van der Waals surface area contributed by atoms with Crippen LogP contribution in [0.1, 0.15) is 41.4 Å².